The van der Waals surface area contributed by atoms with Crippen LogP contribution in [-0.4, -0.2) is 10.1 Å². The fourth-order valence-electron chi connectivity index (χ4n) is 2.03. The smallest absolute Gasteiger partial charge is 0.0808 e. The SMILES string of the molecule is Cc1ccc(C(O)CCc2ccccc2C)cn1. The molecule has 2 nitrogen and oxygen atoms in total. The zero-order valence-corrected chi connectivity index (χ0v) is 10.9. The number of nitrogens with zero attached hydrogens (tertiary/aromatic N) is 1. The topological polar surface area (TPSA) is 33.1 Å². The van der Waals surface area contributed by atoms with Gasteiger partial charge in [0.15, 0.2) is 0 Å². The van der Waals surface area contributed by atoms with Gasteiger partial charge in [-0.15, -0.1) is 0 Å². The summed E-state index contributed by atoms with van der Waals surface area (Å²) in [5, 5.41) is 10.1. The maximum atomic E-state index is 10.1. The molecule has 1 aromatic carbocycles. The molecule has 94 valence electrons. The molecule has 2 aromatic rings. The maximum Gasteiger partial charge on any atom is 0.0808 e. The van der Waals surface area contributed by atoms with Crippen molar-refractivity contribution in [3.05, 3.63) is 65.0 Å². The van der Waals surface area contributed by atoms with Crippen LogP contribution in [0.1, 0.15) is 34.9 Å². The van der Waals surface area contributed by atoms with Crippen molar-refractivity contribution in [3.63, 3.8) is 0 Å². The van der Waals surface area contributed by atoms with E-state index in [2.05, 4.69) is 24.0 Å². The fourth-order valence-corrected chi connectivity index (χ4v) is 2.03. The zero-order chi connectivity index (χ0) is 13.0. The van der Waals surface area contributed by atoms with Crippen LogP contribution in [0.2, 0.25) is 0 Å². The summed E-state index contributed by atoms with van der Waals surface area (Å²) in [4.78, 5) is 4.21. The first-order valence-corrected chi connectivity index (χ1v) is 6.32. The molecule has 1 heterocycles. The third-order valence-electron chi connectivity index (χ3n) is 3.27. The molecule has 0 aliphatic carbocycles. The van der Waals surface area contributed by atoms with Crippen molar-refractivity contribution >= 4 is 0 Å². The first-order valence-electron chi connectivity index (χ1n) is 6.32. The number of hydrogen-bond donors (Lipinski definition) is 1. The summed E-state index contributed by atoms with van der Waals surface area (Å²) in [7, 11) is 0. The van der Waals surface area contributed by atoms with Crippen LogP contribution >= 0.6 is 0 Å². The van der Waals surface area contributed by atoms with Crippen LogP contribution in [0.3, 0.4) is 0 Å². The lowest BCUT2D eigenvalue weighted by Gasteiger charge is -2.12. The van der Waals surface area contributed by atoms with Gasteiger partial charge in [-0.2, -0.15) is 0 Å². The molecule has 0 spiro atoms. The minimum absolute atomic E-state index is 0.433. The highest BCUT2D eigenvalue weighted by atomic mass is 16.3. The molecule has 0 radical (unpaired) electrons. The van der Waals surface area contributed by atoms with Gasteiger partial charge in [0.2, 0.25) is 0 Å². The molecule has 0 saturated carbocycles. The molecule has 2 heteroatoms. The molecule has 1 N–H and O–H groups in total. The second-order valence-corrected chi connectivity index (χ2v) is 4.71. The summed E-state index contributed by atoms with van der Waals surface area (Å²) < 4.78 is 0. The van der Waals surface area contributed by atoms with E-state index in [-0.39, 0.29) is 0 Å². The highest BCUT2D eigenvalue weighted by Gasteiger charge is 2.08. The van der Waals surface area contributed by atoms with Crippen LogP contribution in [0, 0.1) is 13.8 Å². The summed E-state index contributed by atoms with van der Waals surface area (Å²) >= 11 is 0. The minimum atomic E-state index is -0.433. The van der Waals surface area contributed by atoms with Gasteiger partial charge in [0.25, 0.3) is 0 Å². The van der Waals surface area contributed by atoms with E-state index in [0.29, 0.717) is 0 Å². The Bertz CT molecular complexity index is 505. The van der Waals surface area contributed by atoms with Crippen molar-refractivity contribution in [2.75, 3.05) is 0 Å². The molecular weight excluding hydrogens is 222 g/mol. The molecule has 1 unspecified atom stereocenters. The third kappa shape index (κ3) is 3.17. The second kappa shape index (κ2) is 5.78. The summed E-state index contributed by atoms with van der Waals surface area (Å²) in [6.07, 6.45) is 2.95. The third-order valence-corrected chi connectivity index (χ3v) is 3.27. The second-order valence-electron chi connectivity index (χ2n) is 4.71. The van der Waals surface area contributed by atoms with Gasteiger partial charge < -0.3 is 5.11 Å². The van der Waals surface area contributed by atoms with E-state index in [1.807, 2.05) is 31.2 Å². The first kappa shape index (κ1) is 12.8. The number of aryl methyl sites for hydroxylation is 3. The van der Waals surface area contributed by atoms with E-state index >= 15 is 0 Å². The highest BCUT2D eigenvalue weighted by Crippen LogP contribution is 2.19. The van der Waals surface area contributed by atoms with Crippen LogP contribution in [0.5, 0.6) is 0 Å². The number of benzene rings is 1. The Morgan fingerprint density at radius 2 is 1.89 bits per heavy atom. The summed E-state index contributed by atoms with van der Waals surface area (Å²) in [5.41, 5.74) is 4.46. The van der Waals surface area contributed by atoms with Gasteiger partial charge in [-0.3, -0.25) is 4.98 Å². The van der Waals surface area contributed by atoms with E-state index in [1.165, 1.54) is 11.1 Å². The normalized spacial score (nSPS) is 12.4. The van der Waals surface area contributed by atoms with E-state index in [0.717, 1.165) is 24.1 Å². The van der Waals surface area contributed by atoms with Crippen LogP contribution in [0.4, 0.5) is 0 Å². The Labute approximate surface area is 108 Å². The van der Waals surface area contributed by atoms with E-state index in [9.17, 15) is 5.11 Å². The van der Waals surface area contributed by atoms with Crippen molar-refractivity contribution in [2.24, 2.45) is 0 Å². The van der Waals surface area contributed by atoms with Gasteiger partial charge in [-0.1, -0.05) is 30.3 Å². The summed E-state index contributed by atoms with van der Waals surface area (Å²) in [5.74, 6) is 0. The van der Waals surface area contributed by atoms with Crippen molar-refractivity contribution in [1.82, 2.24) is 4.98 Å². The Kier molecular flexibility index (Phi) is 4.11. The molecule has 0 bridgehead atoms. The molecule has 0 aliphatic rings. The monoisotopic (exact) mass is 241 g/mol. The van der Waals surface area contributed by atoms with Crippen molar-refractivity contribution in [3.8, 4) is 0 Å². The number of aliphatic hydroxyl groups excluding tert-OH is 1. The predicted molar refractivity (Wildman–Crippen MR) is 73.4 cm³/mol. The maximum absolute atomic E-state index is 10.1. The Morgan fingerprint density at radius 1 is 1.11 bits per heavy atom. The van der Waals surface area contributed by atoms with Crippen molar-refractivity contribution in [2.45, 2.75) is 32.8 Å². The standard InChI is InChI=1S/C16H19NO/c1-12-5-3-4-6-14(12)9-10-16(18)15-8-7-13(2)17-11-15/h3-8,11,16,18H,9-10H2,1-2H3. The van der Waals surface area contributed by atoms with Gasteiger partial charge in [0, 0.05) is 11.9 Å². The minimum Gasteiger partial charge on any atom is -0.388 e. The van der Waals surface area contributed by atoms with Gasteiger partial charge in [-0.05, 0) is 49.4 Å². The van der Waals surface area contributed by atoms with Gasteiger partial charge in [0.1, 0.15) is 0 Å². The number of rotatable bonds is 4. The van der Waals surface area contributed by atoms with E-state index < -0.39 is 6.10 Å². The van der Waals surface area contributed by atoms with Gasteiger partial charge in [-0.25, -0.2) is 0 Å². The molecule has 18 heavy (non-hydrogen) atoms. The molecule has 0 saturated heterocycles. The lowest BCUT2D eigenvalue weighted by atomic mass is 9.99. The zero-order valence-electron chi connectivity index (χ0n) is 10.9. The quantitative estimate of drug-likeness (QED) is 0.890. The molecule has 0 fully saturated rings. The van der Waals surface area contributed by atoms with Crippen LogP contribution in [-0.2, 0) is 6.42 Å². The van der Waals surface area contributed by atoms with Crippen LogP contribution in [0.25, 0.3) is 0 Å². The first-order chi connectivity index (χ1) is 8.66. The largest absolute Gasteiger partial charge is 0.388 e. The molecule has 1 aromatic heterocycles. The van der Waals surface area contributed by atoms with Crippen LogP contribution < -0.4 is 0 Å². The fraction of sp³-hybridized carbons (Fsp3) is 0.312. The predicted octanol–water partition coefficient (Wildman–Crippen LogP) is 3.36. The molecular formula is C16H19NO. The Balaban J connectivity index is 1.98. The number of aliphatic hydroxyl groups is 1. The molecule has 2 rings (SSSR count). The number of aromatic nitrogens is 1. The van der Waals surface area contributed by atoms with E-state index in [4.69, 9.17) is 0 Å². The van der Waals surface area contributed by atoms with Gasteiger partial charge >= 0.3 is 0 Å². The lowest BCUT2D eigenvalue weighted by molar-refractivity contribution is 0.167. The molecule has 0 aliphatic heterocycles. The lowest BCUT2D eigenvalue weighted by Crippen LogP contribution is -2.01. The number of hydrogen-bond acceptors (Lipinski definition) is 2. The van der Waals surface area contributed by atoms with Crippen molar-refractivity contribution < 1.29 is 5.11 Å². The van der Waals surface area contributed by atoms with E-state index in [1.54, 1.807) is 6.20 Å². The van der Waals surface area contributed by atoms with Crippen LogP contribution in [0.15, 0.2) is 42.6 Å². The van der Waals surface area contributed by atoms with Gasteiger partial charge in [0.05, 0.1) is 6.10 Å². The molecule has 0 amide bonds. The molecule has 1 atom stereocenters. The average Bonchev–Trinajstić information content (AvgIpc) is 2.38. The van der Waals surface area contributed by atoms with Crippen molar-refractivity contribution in [1.29, 1.82) is 0 Å². The highest BCUT2D eigenvalue weighted by molar-refractivity contribution is 5.26. The summed E-state index contributed by atoms with van der Waals surface area (Å²) in [6, 6.07) is 12.2. The number of pyridine rings is 1. The summed E-state index contributed by atoms with van der Waals surface area (Å²) in [6.45, 7) is 4.05. The average molecular weight is 241 g/mol. The Hall–Kier alpha value is -1.67. The Morgan fingerprint density at radius 3 is 2.56 bits per heavy atom.